The SMILES string of the molecule is CC(=O)Nc1cccc(NC2CCC[C@H]3C[C@@H]23)c1. The molecule has 0 bridgehead atoms. The van der Waals surface area contributed by atoms with Gasteiger partial charge in [-0.2, -0.15) is 0 Å². The minimum Gasteiger partial charge on any atom is -0.382 e. The van der Waals surface area contributed by atoms with E-state index in [-0.39, 0.29) is 5.91 Å². The summed E-state index contributed by atoms with van der Waals surface area (Å²) >= 11 is 0. The first kappa shape index (κ1) is 11.6. The Morgan fingerprint density at radius 3 is 2.94 bits per heavy atom. The number of anilines is 2. The Labute approximate surface area is 108 Å². The maximum atomic E-state index is 11.0. The van der Waals surface area contributed by atoms with Crippen molar-refractivity contribution in [3.05, 3.63) is 24.3 Å². The number of rotatable bonds is 3. The molecule has 1 aromatic carbocycles. The van der Waals surface area contributed by atoms with Crippen LogP contribution in [0.3, 0.4) is 0 Å². The van der Waals surface area contributed by atoms with Gasteiger partial charge in [-0.3, -0.25) is 4.79 Å². The average Bonchev–Trinajstić information content (AvgIpc) is 3.08. The van der Waals surface area contributed by atoms with Gasteiger partial charge in [0.15, 0.2) is 0 Å². The third kappa shape index (κ3) is 2.50. The standard InChI is InChI=1S/C15H20N2O/c1-10(18)16-12-5-3-6-13(9-12)17-15-7-2-4-11-8-14(11)15/h3,5-6,9,11,14-15,17H,2,4,7-8H2,1H3,(H,16,18)/t11-,14+,15?/m0/s1. The van der Waals surface area contributed by atoms with Crippen LogP contribution in [-0.2, 0) is 4.79 Å². The Hall–Kier alpha value is -1.51. The zero-order valence-electron chi connectivity index (χ0n) is 10.8. The monoisotopic (exact) mass is 244 g/mol. The molecular formula is C15H20N2O. The van der Waals surface area contributed by atoms with E-state index in [0.717, 1.165) is 23.2 Å². The highest BCUT2D eigenvalue weighted by Gasteiger charge is 2.44. The van der Waals surface area contributed by atoms with Gasteiger partial charge < -0.3 is 10.6 Å². The Morgan fingerprint density at radius 2 is 2.11 bits per heavy atom. The highest BCUT2D eigenvalue weighted by atomic mass is 16.1. The maximum absolute atomic E-state index is 11.0. The predicted molar refractivity (Wildman–Crippen MR) is 73.6 cm³/mol. The van der Waals surface area contributed by atoms with Crippen LogP contribution in [0.2, 0.25) is 0 Å². The molecule has 96 valence electrons. The zero-order chi connectivity index (χ0) is 12.5. The van der Waals surface area contributed by atoms with Crippen LogP contribution in [0.15, 0.2) is 24.3 Å². The lowest BCUT2D eigenvalue weighted by molar-refractivity contribution is -0.114. The summed E-state index contributed by atoms with van der Waals surface area (Å²) in [6, 6.07) is 8.65. The van der Waals surface area contributed by atoms with Gasteiger partial charge in [0.1, 0.15) is 0 Å². The van der Waals surface area contributed by atoms with Gasteiger partial charge in [-0.25, -0.2) is 0 Å². The molecule has 3 atom stereocenters. The van der Waals surface area contributed by atoms with Crippen LogP contribution < -0.4 is 10.6 Å². The van der Waals surface area contributed by atoms with Crippen molar-refractivity contribution in [2.24, 2.45) is 11.8 Å². The Balaban J connectivity index is 1.66. The lowest BCUT2D eigenvalue weighted by Crippen LogP contribution is -2.25. The number of carbonyl (C=O) groups is 1. The highest BCUT2D eigenvalue weighted by molar-refractivity contribution is 5.89. The molecule has 1 amide bonds. The largest absolute Gasteiger partial charge is 0.382 e. The van der Waals surface area contributed by atoms with Crippen molar-refractivity contribution in [3.8, 4) is 0 Å². The minimum atomic E-state index is -0.0212. The van der Waals surface area contributed by atoms with E-state index in [1.165, 1.54) is 32.6 Å². The van der Waals surface area contributed by atoms with Crippen LogP contribution in [0, 0.1) is 11.8 Å². The van der Waals surface area contributed by atoms with Gasteiger partial charge in [0.25, 0.3) is 0 Å². The lowest BCUT2D eigenvalue weighted by atomic mass is 9.95. The zero-order valence-corrected chi connectivity index (χ0v) is 10.8. The molecule has 0 aromatic heterocycles. The molecule has 18 heavy (non-hydrogen) atoms. The highest BCUT2D eigenvalue weighted by Crippen LogP contribution is 2.50. The van der Waals surface area contributed by atoms with Gasteiger partial charge in [-0.05, 0) is 42.9 Å². The predicted octanol–water partition coefficient (Wildman–Crippen LogP) is 3.25. The lowest BCUT2D eigenvalue weighted by Gasteiger charge is -2.24. The van der Waals surface area contributed by atoms with Crippen LogP contribution in [-0.4, -0.2) is 11.9 Å². The van der Waals surface area contributed by atoms with E-state index in [4.69, 9.17) is 0 Å². The fourth-order valence-corrected chi connectivity index (χ4v) is 3.19. The second-order valence-electron chi connectivity index (χ2n) is 5.60. The number of nitrogens with one attached hydrogen (secondary N) is 2. The Kier molecular flexibility index (Phi) is 2.98. The molecule has 0 saturated heterocycles. The molecule has 0 aliphatic heterocycles. The van der Waals surface area contributed by atoms with Crippen molar-refractivity contribution >= 4 is 17.3 Å². The van der Waals surface area contributed by atoms with E-state index in [2.05, 4.69) is 16.7 Å². The van der Waals surface area contributed by atoms with Crippen LogP contribution >= 0.6 is 0 Å². The summed E-state index contributed by atoms with van der Waals surface area (Å²) in [7, 11) is 0. The van der Waals surface area contributed by atoms with Gasteiger partial charge in [-0.1, -0.05) is 18.9 Å². The number of amides is 1. The molecule has 3 rings (SSSR count). The van der Waals surface area contributed by atoms with E-state index in [1.807, 2.05) is 18.2 Å². The molecule has 0 heterocycles. The van der Waals surface area contributed by atoms with Crippen LogP contribution in [0.5, 0.6) is 0 Å². The Bertz CT molecular complexity index is 458. The van der Waals surface area contributed by atoms with Crippen molar-refractivity contribution in [2.75, 3.05) is 10.6 Å². The molecule has 0 radical (unpaired) electrons. The first-order valence-corrected chi connectivity index (χ1v) is 6.86. The summed E-state index contributed by atoms with van der Waals surface area (Å²) < 4.78 is 0. The summed E-state index contributed by atoms with van der Waals surface area (Å²) in [5.41, 5.74) is 1.99. The van der Waals surface area contributed by atoms with Crippen molar-refractivity contribution in [1.29, 1.82) is 0 Å². The van der Waals surface area contributed by atoms with E-state index < -0.39 is 0 Å². The fraction of sp³-hybridized carbons (Fsp3) is 0.533. The maximum Gasteiger partial charge on any atom is 0.221 e. The first-order chi connectivity index (χ1) is 8.72. The molecule has 2 aliphatic carbocycles. The van der Waals surface area contributed by atoms with Gasteiger partial charge in [0.05, 0.1) is 0 Å². The van der Waals surface area contributed by atoms with Crippen molar-refractivity contribution < 1.29 is 4.79 Å². The molecule has 0 spiro atoms. The van der Waals surface area contributed by atoms with Crippen molar-refractivity contribution in [3.63, 3.8) is 0 Å². The Morgan fingerprint density at radius 1 is 1.28 bits per heavy atom. The third-order valence-corrected chi connectivity index (χ3v) is 4.12. The van der Waals surface area contributed by atoms with E-state index in [0.29, 0.717) is 6.04 Å². The molecule has 3 nitrogen and oxygen atoms in total. The molecule has 1 unspecified atom stereocenters. The normalized spacial score (nSPS) is 29.3. The summed E-state index contributed by atoms with van der Waals surface area (Å²) in [4.78, 5) is 11.0. The number of fused-ring (bicyclic) bond motifs is 1. The summed E-state index contributed by atoms with van der Waals surface area (Å²) in [5, 5.41) is 6.46. The van der Waals surface area contributed by atoms with E-state index in [9.17, 15) is 4.79 Å². The molecule has 3 heteroatoms. The topological polar surface area (TPSA) is 41.1 Å². The van der Waals surface area contributed by atoms with Gasteiger partial charge in [-0.15, -0.1) is 0 Å². The third-order valence-electron chi connectivity index (χ3n) is 4.12. The van der Waals surface area contributed by atoms with Crippen molar-refractivity contribution in [2.45, 2.75) is 38.6 Å². The summed E-state index contributed by atoms with van der Waals surface area (Å²) in [5.74, 6) is 1.85. The number of hydrogen-bond donors (Lipinski definition) is 2. The molecule has 2 saturated carbocycles. The average molecular weight is 244 g/mol. The minimum absolute atomic E-state index is 0.0212. The molecule has 2 N–H and O–H groups in total. The second-order valence-corrected chi connectivity index (χ2v) is 5.60. The summed E-state index contributed by atoms with van der Waals surface area (Å²) in [6.07, 6.45) is 5.47. The van der Waals surface area contributed by atoms with Crippen LogP contribution in [0.25, 0.3) is 0 Å². The quantitative estimate of drug-likeness (QED) is 0.857. The number of benzene rings is 1. The summed E-state index contributed by atoms with van der Waals surface area (Å²) in [6.45, 7) is 1.54. The molecule has 2 aliphatic rings. The second kappa shape index (κ2) is 4.63. The molecule has 2 fully saturated rings. The van der Waals surface area contributed by atoms with E-state index in [1.54, 1.807) is 0 Å². The number of hydrogen-bond acceptors (Lipinski definition) is 2. The van der Waals surface area contributed by atoms with Crippen molar-refractivity contribution in [1.82, 2.24) is 0 Å². The van der Waals surface area contributed by atoms with Crippen LogP contribution in [0.4, 0.5) is 11.4 Å². The molecule has 1 aromatic rings. The van der Waals surface area contributed by atoms with E-state index >= 15 is 0 Å². The van der Waals surface area contributed by atoms with Gasteiger partial charge >= 0.3 is 0 Å². The molecular weight excluding hydrogens is 224 g/mol. The van der Waals surface area contributed by atoms with Crippen LogP contribution in [0.1, 0.15) is 32.6 Å². The first-order valence-electron chi connectivity index (χ1n) is 6.86. The van der Waals surface area contributed by atoms with Gasteiger partial charge in [0, 0.05) is 24.3 Å². The fourth-order valence-electron chi connectivity index (χ4n) is 3.19. The van der Waals surface area contributed by atoms with Gasteiger partial charge in [0.2, 0.25) is 5.91 Å². The number of carbonyl (C=O) groups excluding carboxylic acids is 1. The smallest absolute Gasteiger partial charge is 0.221 e.